The number of carboxylic acids is 1. The molecular formula is C31H29F3N6O3S. The van der Waals surface area contributed by atoms with Crippen LogP contribution in [-0.2, 0) is 6.18 Å². The number of benzene rings is 2. The average molecular weight is 623 g/mol. The summed E-state index contributed by atoms with van der Waals surface area (Å²) in [6, 6.07) is 11.8. The fourth-order valence-corrected chi connectivity index (χ4v) is 6.55. The molecule has 13 heteroatoms. The van der Waals surface area contributed by atoms with Crippen molar-refractivity contribution < 1.29 is 23.1 Å². The molecule has 5 aromatic rings. The highest BCUT2D eigenvalue weighted by Crippen LogP contribution is 2.35. The monoisotopic (exact) mass is 622 g/mol. The minimum atomic E-state index is -4.43. The van der Waals surface area contributed by atoms with E-state index in [1.54, 1.807) is 31.3 Å². The maximum atomic E-state index is 13.6. The molecule has 0 saturated carbocycles. The summed E-state index contributed by atoms with van der Waals surface area (Å²) in [4.78, 5) is 38.9. The molecule has 9 nitrogen and oxygen atoms in total. The predicted octanol–water partition coefficient (Wildman–Crippen LogP) is 6.14. The largest absolute Gasteiger partial charge is 0.478 e. The van der Waals surface area contributed by atoms with Gasteiger partial charge in [-0.2, -0.15) is 13.2 Å². The lowest BCUT2D eigenvalue weighted by Crippen LogP contribution is -2.47. The van der Waals surface area contributed by atoms with E-state index in [2.05, 4.69) is 10.3 Å². The van der Waals surface area contributed by atoms with Crippen molar-refractivity contribution in [3.05, 3.63) is 92.9 Å². The number of rotatable bonds is 6. The van der Waals surface area contributed by atoms with E-state index in [1.807, 2.05) is 29.7 Å². The summed E-state index contributed by atoms with van der Waals surface area (Å²) < 4.78 is 41.8. The second-order valence-corrected chi connectivity index (χ2v) is 11.9. The lowest BCUT2D eigenvalue weighted by atomic mass is 10.1. The number of nitrogens with one attached hydrogen (secondary N) is 1. The van der Waals surface area contributed by atoms with Gasteiger partial charge >= 0.3 is 12.1 Å². The maximum Gasteiger partial charge on any atom is 0.416 e. The number of carboxylic acid groups (broad SMARTS) is 1. The molecule has 2 aromatic carbocycles. The number of para-hydroxylation sites is 1. The molecule has 1 fully saturated rings. The van der Waals surface area contributed by atoms with Crippen LogP contribution < -0.4 is 20.7 Å². The summed E-state index contributed by atoms with van der Waals surface area (Å²) in [6.07, 6.45) is -2.68. The van der Waals surface area contributed by atoms with Gasteiger partial charge in [0.2, 0.25) is 0 Å². The number of piperazine rings is 1. The van der Waals surface area contributed by atoms with Crippen LogP contribution in [-0.4, -0.2) is 51.6 Å². The van der Waals surface area contributed by atoms with Gasteiger partial charge in [-0.3, -0.25) is 9.20 Å². The average Bonchev–Trinajstić information content (AvgIpc) is 3.42. The number of hydrogen-bond donors (Lipinski definition) is 2. The lowest BCUT2D eigenvalue weighted by molar-refractivity contribution is -0.137. The Hall–Kier alpha value is -4.65. The minimum absolute atomic E-state index is 0.143. The Morgan fingerprint density at radius 1 is 1.02 bits per heavy atom. The van der Waals surface area contributed by atoms with Crippen LogP contribution in [0.25, 0.3) is 15.9 Å². The van der Waals surface area contributed by atoms with Crippen molar-refractivity contribution in [2.24, 2.45) is 0 Å². The number of fused-ring (bicyclic) bond motifs is 2. The molecule has 0 aliphatic carbocycles. The highest BCUT2D eigenvalue weighted by Gasteiger charge is 2.31. The normalized spacial score (nSPS) is 14.8. The molecule has 44 heavy (non-hydrogen) atoms. The molecule has 6 rings (SSSR count). The molecular weight excluding hydrogens is 593 g/mol. The smallest absolute Gasteiger partial charge is 0.416 e. The standard InChI is InChI=1S/C31H29F3N6O3S/c1-17-14-22(19(3)35-23-7-5-4-6-21(23)29(42)43)27-37-26(18(2)28(41)40(27)16-17)38-10-12-39(13-11-38)30-36-24-15-20(31(32,33)34)8-9-25(24)44-30/h4-9,14-16,19,35H,10-13H2,1-3H3,(H,42,43)/t19-/m1/s1. The zero-order valence-corrected chi connectivity index (χ0v) is 25.0. The Bertz CT molecular complexity index is 1960. The first-order valence-electron chi connectivity index (χ1n) is 14.0. The van der Waals surface area contributed by atoms with Crippen LogP contribution in [0.2, 0.25) is 0 Å². The molecule has 0 unspecified atom stereocenters. The number of aromatic nitrogens is 3. The predicted molar refractivity (Wildman–Crippen MR) is 165 cm³/mol. The first kappa shape index (κ1) is 29.4. The third kappa shape index (κ3) is 5.43. The Morgan fingerprint density at radius 3 is 2.43 bits per heavy atom. The summed E-state index contributed by atoms with van der Waals surface area (Å²) >= 11 is 1.35. The van der Waals surface area contributed by atoms with Gasteiger partial charge < -0.3 is 20.2 Å². The molecule has 2 N–H and O–H groups in total. The first-order valence-corrected chi connectivity index (χ1v) is 14.8. The van der Waals surface area contributed by atoms with Crippen molar-refractivity contribution in [1.82, 2.24) is 14.4 Å². The number of pyridine rings is 1. The van der Waals surface area contributed by atoms with Crippen LogP contribution in [0, 0.1) is 13.8 Å². The van der Waals surface area contributed by atoms with Crippen molar-refractivity contribution in [3.63, 3.8) is 0 Å². The van der Waals surface area contributed by atoms with Crippen LogP contribution in [0.5, 0.6) is 0 Å². The summed E-state index contributed by atoms with van der Waals surface area (Å²) in [7, 11) is 0. The summed E-state index contributed by atoms with van der Waals surface area (Å²) in [5.74, 6) is -0.477. The van der Waals surface area contributed by atoms with Gasteiger partial charge in [0.05, 0.1) is 32.9 Å². The molecule has 0 bridgehead atoms. The SMILES string of the molecule is Cc1cc([C@@H](C)Nc2ccccc2C(=O)O)c2nc(N3CCN(c4nc5cc(C(F)(F)F)ccc5s4)CC3)c(C)c(=O)n2c1. The van der Waals surface area contributed by atoms with Gasteiger partial charge in [0, 0.05) is 43.6 Å². The summed E-state index contributed by atoms with van der Waals surface area (Å²) in [6.45, 7) is 7.72. The topological polar surface area (TPSA) is 103 Å². The molecule has 1 atom stereocenters. The van der Waals surface area contributed by atoms with E-state index < -0.39 is 17.7 Å². The third-order valence-electron chi connectivity index (χ3n) is 7.84. The highest BCUT2D eigenvalue weighted by molar-refractivity contribution is 7.22. The second kappa shape index (κ2) is 11.1. The van der Waals surface area contributed by atoms with E-state index in [0.29, 0.717) is 64.2 Å². The van der Waals surface area contributed by atoms with Gasteiger partial charge in [-0.25, -0.2) is 14.8 Å². The third-order valence-corrected chi connectivity index (χ3v) is 8.94. The van der Waals surface area contributed by atoms with E-state index in [-0.39, 0.29) is 17.2 Å². The second-order valence-electron chi connectivity index (χ2n) is 10.9. The van der Waals surface area contributed by atoms with E-state index in [0.717, 1.165) is 23.3 Å². The van der Waals surface area contributed by atoms with E-state index in [4.69, 9.17) is 4.98 Å². The summed E-state index contributed by atoms with van der Waals surface area (Å²) in [5, 5.41) is 13.6. The zero-order valence-electron chi connectivity index (χ0n) is 24.1. The van der Waals surface area contributed by atoms with Gasteiger partial charge in [0.15, 0.2) is 5.13 Å². The van der Waals surface area contributed by atoms with Crippen LogP contribution in [0.4, 0.5) is 29.8 Å². The number of nitrogens with zero attached hydrogens (tertiary/aromatic N) is 5. The number of anilines is 3. The maximum absolute atomic E-state index is 13.6. The Kier molecular flexibility index (Phi) is 7.44. The van der Waals surface area contributed by atoms with Crippen molar-refractivity contribution in [2.75, 3.05) is 41.3 Å². The molecule has 0 amide bonds. The molecule has 3 aromatic heterocycles. The molecule has 1 saturated heterocycles. The van der Waals surface area contributed by atoms with Crippen molar-refractivity contribution in [3.8, 4) is 0 Å². The van der Waals surface area contributed by atoms with Crippen LogP contribution in [0.3, 0.4) is 0 Å². The first-order chi connectivity index (χ1) is 20.9. The number of hydrogen-bond acceptors (Lipinski definition) is 8. The number of thiazole rings is 1. The molecule has 0 radical (unpaired) electrons. The lowest BCUT2D eigenvalue weighted by Gasteiger charge is -2.36. The molecule has 1 aliphatic heterocycles. The minimum Gasteiger partial charge on any atom is -0.478 e. The van der Waals surface area contributed by atoms with E-state index in [1.165, 1.54) is 27.9 Å². The molecule has 4 heterocycles. The van der Waals surface area contributed by atoms with E-state index >= 15 is 0 Å². The van der Waals surface area contributed by atoms with Crippen LogP contribution >= 0.6 is 11.3 Å². The Morgan fingerprint density at radius 2 is 1.73 bits per heavy atom. The highest BCUT2D eigenvalue weighted by atomic mass is 32.1. The zero-order chi connectivity index (χ0) is 31.3. The number of aromatic carboxylic acids is 1. The molecule has 228 valence electrons. The van der Waals surface area contributed by atoms with Gasteiger partial charge in [0.1, 0.15) is 11.5 Å². The number of aryl methyl sites for hydroxylation is 1. The Labute approximate surface area is 254 Å². The number of alkyl halides is 3. The van der Waals surface area contributed by atoms with E-state index in [9.17, 15) is 27.9 Å². The summed E-state index contributed by atoms with van der Waals surface area (Å²) in [5.41, 5.74) is 2.59. The van der Waals surface area contributed by atoms with Crippen LogP contribution in [0.1, 0.15) is 45.6 Å². The van der Waals surface area contributed by atoms with Crippen molar-refractivity contribution in [1.29, 1.82) is 0 Å². The van der Waals surface area contributed by atoms with Crippen molar-refractivity contribution in [2.45, 2.75) is 33.0 Å². The fourth-order valence-electron chi connectivity index (χ4n) is 5.55. The van der Waals surface area contributed by atoms with Gasteiger partial charge in [-0.15, -0.1) is 0 Å². The van der Waals surface area contributed by atoms with Gasteiger partial charge in [0.25, 0.3) is 5.56 Å². The number of carbonyl (C=O) groups is 1. The van der Waals surface area contributed by atoms with Crippen molar-refractivity contribution >= 4 is 49.8 Å². The van der Waals surface area contributed by atoms with Gasteiger partial charge in [-0.1, -0.05) is 23.5 Å². The Balaban J connectivity index is 1.28. The number of halogens is 3. The quantitative estimate of drug-likeness (QED) is 0.233. The molecule has 1 aliphatic rings. The van der Waals surface area contributed by atoms with Crippen LogP contribution in [0.15, 0.2) is 59.5 Å². The molecule has 0 spiro atoms. The fraction of sp³-hybridized carbons (Fsp3) is 0.290. The van der Waals surface area contributed by atoms with Gasteiger partial charge in [-0.05, 0) is 62.7 Å².